The second-order valence-corrected chi connectivity index (χ2v) is 4.79. The molecule has 0 aliphatic heterocycles. The second kappa shape index (κ2) is 5.95. The maximum Gasteiger partial charge on any atom is 0.455 e. The summed E-state index contributed by atoms with van der Waals surface area (Å²) in [6.45, 7) is 4.52. The van der Waals surface area contributed by atoms with Crippen molar-refractivity contribution in [2.24, 2.45) is 0 Å². The molecule has 0 aromatic rings. The van der Waals surface area contributed by atoms with Gasteiger partial charge in [0.2, 0.25) is 0 Å². The number of rotatable bonds is 6. The van der Waals surface area contributed by atoms with Crippen molar-refractivity contribution < 1.29 is 26.7 Å². The standard InChI is InChI=1S/C10H18F5NO/c1-8(2,3)16-5-4-6-17-7-9(11,12)10(13,14)15/h16H,4-7H2,1-3H3. The molecule has 0 atom stereocenters. The first-order valence-electron chi connectivity index (χ1n) is 5.23. The van der Waals surface area contributed by atoms with Gasteiger partial charge >= 0.3 is 12.1 Å². The summed E-state index contributed by atoms with van der Waals surface area (Å²) in [6, 6.07) is 0. The van der Waals surface area contributed by atoms with E-state index in [1.807, 2.05) is 20.8 Å². The number of hydrogen-bond acceptors (Lipinski definition) is 2. The molecular formula is C10H18F5NO. The van der Waals surface area contributed by atoms with Gasteiger partial charge in [0.25, 0.3) is 0 Å². The van der Waals surface area contributed by atoms with Crippen molar-refractivity contribution in [3.05, 3.63) is 0 Å². The van der Waals surface area contributed by atoms with Gasteiger partial charge in [0.15, 0.2) is 0 Å². The number of hydrogen-bond donors (Lipinski definition) is 1. The molecule has 0 aliphatic rings. The molecule has 104 valence electrons. The van der Waals surface area contributed by atoms with E-state index in [0.29, 0.717) is 13.0 Å². The van der Waals surface area contributed by atoms with Gasteiger partial charge in [0, 0.05) is 12.1 Å². The van der Waals surface area contributed by atoms with Crippen LogP contribution in [0.4, 0.5) is 22.0 Å². The largest absolute Gasteiger partial charge is 0.455 e. The highest BCUT2D eigenvalue weighted by Gasteiger charge is 2.57. The minimum absolute atomic E-state index is 0.115. The van der Waals surface area contributed by atoms with Crippen LogP contribution >= 0.6 is 0 Å². The molecule has 0 unspecified atom stereocenters. The Morgan fingerprint density at radius 3 is 1.94 bits per heavy atom. The normalized spacial score (nSPS) is 14.1. The summed E-state index contributed by atoms with van der Waals surface area (Å²) in [5, 5.41) is 3.06. The van der Waals surface area contributed by atoms with Gasteiger partial charge in [-0.05, 0) is 33.7 Å². The first kappa shape index (κ1) is 16.6. The molecule has 0 bridgehead atoms. The van der Waals surface area contributed by atoms with E-state index in [2.05, 4.69) is 10.1 Å². The average Bonchev–Trinajstić information content (AvgIpc) is 2.07. The van der Waals surface area contributed by atoms with Crippen molar-refractivity contribution in [1.29, 1.82) is 0 Å². The number of ether oxygens (including phenoxy) is 1. The predicted octanol–water partition coefficient (Wildman–Crippen LogP) is 2.98. The lowest BCUT2D eigenvalue weighted by atomic mass is 10.1. The quantitative estimate of drug-likeness (QED) is 0.587. The van der Waals surface area contributed by atoms with E-state index in [4.69, 9.17) is 0 Å². The molecule has 0 spiro atoms. The van der Waals surface area contributed by atoms with E-state index in [0.717, 1.165) is 0 Å². The molecular weight excluding hydrogens is 245 g/mol. The van der Waals surface area contributed by atoms with Crippen LogP contribution in [0.5, 0.6) is 0 Å². The molecule has 7 heteroatoms. The molecule has 0 rings (SSSR count). The minimum atomic E-state index is -5.54. The highest BCUT2D eigenvalue weighted by molar-refractivity contribution is 4.75. The van der Waals surface area contributed by atoms with E-state index < -0.39 is 18.7 Å². The Morgan fingerprint density at radius 2 is 1.53 bits per heavy atom. The fourth-order valence-electron chi connectivity index (χ4n) is 0.920. The first-order chi connectivity index (χ1) is 7.46. The summed E-state index contributed by atoms with van der Waals surface area (Å²) < 4.78 is 64.2. The van der Waals surface area contributed by atoms with Crippen LogP contribution in [0.3, 0.4) is 0 Å². The molecule has 0 aromatic carbocycles. The summed E-state index contributed by atoms with van der Waals surface area (Å²) in [5.74, 6) is -4.77. The molecule has 0 saturated heterocycles. The fourth-order valence-corrected chi connectivity index (χ4v) is 0.920. The van der Waals surface area contributed by atoms with E-state index in [9.17, 15) is 22.0 Å². The zero-order valence-electron chi connectivity index (χ0n) is 10.1. The molecule has 2 nitrogen and oxygen atoms in total. The molecule has 0 aliphatic carbocycles. The third-order valence-electron chi connectivity index (χ3n) is 1.82. The minimum Gasteiger partial charge on any atom is -0.375 e. The smallest absolute Gasteiger partial charge is 0.375 e. The third-order valence-corrected chi connectivity index (χ3v) is 1.82. The Kier molecular flexibility index (Phi) is 5.80. The number of nitrogens with one attached hydrogen (secondary N) is 1. The summed E-state index contributed by atoms with van der Waals surface area (Å²) in [4.78, 5) is 0. The van der Waals surface area contributed by atoms with Gasteiger partial charge < -0.3 is 10.1 Å². The zero-order valence-corrected chi connectivity index (χ0v) is 10.1. The molecule has 0 heterocycles. The van der Waals surface area contributed by atoms with Crippen LogP contribution in [0, 0.1) is 0 Å². The van der Waals surface area contributed by atoms with Crippen LogP contribution in [0.15, 0.2) is 0 Å². The van der Waals surface area contributed by atoms with Crippen LogP contribution in [0.25, 0.3) is 0 Å². The van der Waals surface area contributed by atoms with Gasteiger partial charge in [-0.3, -0.25) is 0 Å². The van der Waals surface area contributed by atoms with Gasteiger partial charge in [0.1, 0.15) is 6.61 Å². The second-order valence-electron chi connectivity index (χ2n) is 4.79. The molecule has 0 saturated carbocycles. The predicted molar refractivity (Wildman–Crippen MR) is 54.2 cm³/mol. The van der Waals surface area contributed by atoms with Crippen molar-refractivity contribution in [3.8, 4) is 0 Å². The topological polar surface area (TPSA) is 21.3 Å². The lowest BCUT2D eigenvalue weighted by Gasteiger charge is -2.21. The lowest BCUT2D eigenvalue weighted by Crippen LogP contribution is -2.41. The average molecular weight is 263 g/mol. The van der Waals surface area contributed by atoms with Crippen molar-refractivity contribution >= 4 is 0 Å². The van der Waals surface area contributed by atoms with Crippen molar-refractivity contribution in [2.45, 2.75) is 44.8 Å². The Morgan fingerprint density at radius 1 is 1.00 bits per heavy atom. The van der Waals surface area contributed by atoms with Crippen molar-refractivity contribution in [2.75, 3.05) is 19.8 Å². The summed E-state index contributed by atoms with van der Waals surface area (Å²) >= 11 is 0. The maximum absolute atomic E-state index is 12.4. The van der Waals surface area contributed by atoms with Gasteiger partial charge in [-0.1, -0.05) is 0 Å². The Hall–Kier alpha value is -0.430. The van der Waals surface area contributed by atoms with Gasteiger partial charge in [0.05, 0.1) is 0 Å². The van der Waals surface area contributed by atoms with Crippen molar-refractivity contribution in [3.63, 3.8) is 0 Å². The Labute approximate surface area is 97.5 Å². The van der Waals surface area contributed by atoms with Crippen LogP contribution in [0.2, 0.25) is 0 Å². The van der Waals surface area contributed by atoms with Crippen LogP contribution in [-0.2, 0) is 4.74 Å². The summed E-state index contributed by atoms with van der Waals surface area (Å²) in [7, 11) is 0. The lowest BCUT2D eigenvalue weighted by molar-refractivity contribution is -0.296. The first-order valence-corrected chi connectivity index (χ1v) is 5.23. The van der Waals surface area contributed by atoms with Crippen molar-refractivity contribution in [1.82, 2.24) is 5.32 Å². The molecule has 17 heavy (non-hydrogen) atoms. The van der Waals surface area contributed by atoms with E-state index in [-0.39, 0.29) is 12.1 Å². The molecule has 0 fully saturated rings. The SMILES string of the molecule is CC(C)(C)NCCCOCC(F)(F)C(F)(F)F. The molecule has 0 radical (unpaired) electrons. The third kappa shape index (κ3) is 7.49. The Balaban J connectivity index is 3.66. The monoisotopic (exact) mass is 263 g/mol. The van der Waals surface area contributed by atoms with Gasteiger partial charge in [-0.15, -0.1) is 0 Å². The van der Waals surface area contributed by atoms with E-state index in [1.54, 1.807) is 0 Å². The van der Waals surface area contributed by atoms with Gasteiger partial charge in [-0.25, -0.2) is 0 Å². The highest BCUT2D eigenvalue weighted by atomic mass is 19.4. The van der Waals surface area contributed by atoms with Crippen LogP contribution < -0.4 is 5.32 Å². The highest BCUT2D eigenvalue weighted by Crippen LogP contribution is 2.35. The summed E-state index contributed by atoms with van der Waals surface area (Å²) in [6.07, 6.45) is -5.16. The summed E-state index contributed by atoms with van der Waals surface area (Å²) in [5.41, 5.74) is -0.115. The van der Waals surface area contributed by atoms with E-state index >= 15 is 0 Å². The van der Waals surface area contributed by atoms with Crippen LogP contribution in [0.1, 0.15) is 27.2 Å². The fraction of sp³-hybridized carbons (Fsp3) is 1.00. The Bertz CT molecular complexity index is 222. The number of alkyl halides is 5. The number of halogens is 5. The molecule has 0 amide bonds. The molecule has 1 N–H and O–H groups in total. The van der Waals surface area contributed by atoms with Gasteiger partial charge in [-0.2, -0.15) is 22.0 Å². The zero-order chi connectivity index (χ0) is 13.7. The molecule has 0 aromatic heterocycles. The maximum atomic E-state index is 12.4. The van der Waals surface area contributed by atoms with E-state index in [1.165, 1.54) is 0 Å². The van der Waals surface area contributed by atoms with Crippen LogP contribution in [-0.4, -0.2) is 37.4 Å².